The fourth-order valence-corrected chi connectivity index (χ4v) is 3.45. The van der Waals surface area contributed by atoms with E-state index < -0.39 is 0 Å². The summed E-state index contributed by atoms with van der Waals surface area (Å²) in [4.78, 5) is 30.6. The van der Waals surface area contributed by atoms with Crippen molar-refractivity contribution in [2.24, 2.45) is 5.41 Å². The highest BCUT2D eigenvalue weighted by atomic mass is 16.5. The second kappa shape index (κ2) is 9.26. The van der Waals surface area contributed by atoms with Gasteiger partial charge in [-0.1, -0.05) is 34.6 Å². The first-order valence-corrected chi connectivity index (χ1v) is 10.2. The fourth-order valence-electron chi connectivity index (χ4n) is 3.45. The van der Waals surface area contributed by atoms with Gasteiger partial charge in [-0.15, -0.1) is 0 Å². The number of benzene rings is 1. The Morgan fingerprint density at radius 1 is 1.14 bits per heavy atom. The molecule has 1 aromatic heterocycles. The zero-order valence-corrected chi connectivity index (χ0v) is 18.1. The second-order valence-electron chi connectivity index (χ2n) is 8.54. The fraction of sp³-hybridized carbons (Fsp3) is 0.565. The molecule has 0 saturated carbocycles. The van der Waals surface area contributed by atoms with Crippen LogP contribution in [0.25, 0.3) is 10.9 Å². The van der Waals surface area contributed by atoms with Gasteiger partial charge in [0.05, 0.1) is 19.0 Å². The van der Waals surface area contributed by atoms with Gasteiger partial charge in [-0.2, -0.15) is 0 Å². The minimum absolute atomic E-state index is 0.0866. The number of pyridine rings is 1. The van der Waals surface area contributed by atoms with Crippen molar-refractivity contribution in [1.82, 2.24) is 9.88 Å². The van der Waals surface area contributed by atoms with Gasteiger partial charge in [-0.05, 0) is 42.4 Å². The van der Waals surface area contributed by atoms with Gasteiger partial charge < -0.3 is 14.6 Å². The zero-order chi connectivity index (χ0) is 20.9. The Bertz CT molecular complexity index is 878. The van der Waals surface area contributed by atoms with Gasteiger partial charge in [0.25, 0.3) is 5.56 Å². The summed E-state index contributed by atoms with van der Waals surface area (Å²) in [5, 5.41) is 0.915. The van der Waals surface area contributed by atoms with Crippen molar-refractivity contribution in [3.8, 4) is 5.75 Å². The van der Waals surface area contributed by atoms with Crippen molar-refractivity contribution in [2.45, 2.75) is 60.3 Å². The molecule has 0 radical (unpaired) electrons. The number of aromatic amines is 1. The van der Waals surface area contributed by atoms with E-state index in [4.69, 9.17) is 4.74 Å². The molecule has 28 heavy (non-hydrogen) atoms. The number of methoxy groups -OCH3 is 1. The number of rotatable bonds is 8. The monoisotopic (exact) mass is 386 g/mol. The molecule has 0 aliphatic heterocycles. The molecule has 2 aromatic rings. The van der Waals surface area contributed by atoms with Crippen molar-refractivity contribution in [1.29, 1.82) is 0 Å². The Balaban J connectivity index is 2.41. The topological polar surface area (TPSA) is 62.4 Å². The standard InChI is InChI=1S/C23H34N2O3/c1-7-12-25(13-11-23(3,4)5)21(26)15-19-17(8-2)22(27)24-20-14-16(28-6)9-10-18(19)20/h9-10,14H,7-8,11-13,15H2,1-6H3,(H,24,27). The first-order chi connectivity index (χ1) is 13.2. The van der Waals surface area contributed by atoms with Gasteiger partial charge in [0.2, 0.25) is 5.91 Å². The van der Waals surface area contributed by atoms with Gasteiger partial charge in [0.15, 0.2) is 0 Å². The lowest BCUT2D eigenvalue weighted by atomic mass is 9.92. The number of carbonyl (C=O) groups excluding carboxylic acids is 1. The minimum Gasteiger partial charge on any atom is -0.497 e. The molecule has 0 aliphatic rings. The van der Waals surface area contributed by atoms with E-state index in [9.17, 15) is 9.59 Å². The van der Waals surface area contributed by atoms with E-state index in [1.165, 1.54) is 0 Å². The number of H-pyrrole nitrogens is 1. The maximum Gasteiger partial charge on any atom is 0.251 e. The minimum atomic E-state index is -0.122. The van der Waals surface area contributed by atoms with Crippen LogP contribution >= 0.6 is 0 Å². The van der Waals surface area contributed by atoms with Crippen LogP contribution in [0.1, 0.15) is 58.6 Å². The number of nitrogens with zero attached hydrogens (tertiary/aromatic N) is 1. The predicted molar refractivity (Wildman–Crippen MR) is 115 cm³/mol. The first kappa shape index (κ1) is 22.0. The number of fused-ring (bicyclic) bond motifs is 1. The van der Waals surface area contributed by atoms with Crippen LogP contribution in [0.2, 0.25) is 0 Å². The Labute approximate surface area is 168 Å². The van der Waals surface area contributed by atoms with E-state index in [0.29, 0.717) is 23.3 Å². The number of hydrogen-bond donors (Lipinski definition) is 1. The number of ether oxygens (including phenoxy) is 1. The van der Waals surface area contributed by atoms with Crippen LogP contribution in [0.5, 0.6) is 5.75 Å². The van der Waals surface area contributed by atoms with Crippen molar-refractivity contribution in [2.75, 3.05) is 20.2 Å². The maximum atomic E-state index is 13.2. The highest BCUT2D eigenvalue weighted by molar-refractivity contribution is 5.89. The normalized spacial score (nSPS) is 11.6. The lowest BCUT2D eigenvalue weighted by Crippen LogP contribution is -2.36. The molecule has 0 aliphatic carbocycles. The molecular formula is C23H34N2O3. The first-order valence-electron chi connectivity index (χ1n) is 10.2. The van der Waals surface area contributed by atoms with Crippen LogP contribution in [-0.2, 0) is 17.6 Å². The van der Waals surface area contributed by atoms with Crippen molar-refractivity contribution in [3.63, 3.8) is 0 Å². The van der Waals surface area contributed by atoms with Crippen LogP contribution in [0.3, 0.4) is 0 Å². The Kier molecular flexibility index (Phi) is 7.28. The third-order valence-corrected chi connectivity index (χ3v) is 5.10. The summed E-state index contributed by atoms with van der Waals surface area (Å²) in [6, 6.07) is 5.62. The molecule has 154 valence electrons. The lowest BCUT2D eigenvalue weighted by Gasteiger charge is -2.27. The van der Waals surface area contributed by atoms with E-state index in [1.54, 1.807) is 7.11 Å². The smallest absolute Gasteiger partial charge is 0.251 e. The summed E-state index contributed by atoms with van der Waals surface area (Å²) in [7, 11) is 1.60. The Morgan fingerprint density at radius 2 is 1.86 bits per heavy atom. The van der Waals surface area contributed by atoms with E-state index in [2.05, 4.69) is 32.7 Å². The number of amides is 1. The lowest BCUT2D eigenvalue weighted by molar-refractivity contribution is -0.130. The molecule has 5 nitrogen and oxygen atoms in total. The highest BCUT2D eigenvalue weighted by Gasteiger charge is 2.21. The summed E-state index contributed by atoms with van der Waals surface area (Å²) >= 11 is 0. The average Bonchev–Trinajstić information content (AvgIpc) is 2.63. The number of nitrogens with one attached hydrogen (secondary N) is 1. The zero-order valence-electron chi connectivity index (χ0n) is 18.1. The Morgan fingerprint density at radius 3 is 2.43 bits per heavy atom. The van der Waals surface area contributed by atoms with Crippen LogP contribution in [0, 0.1) is 5.41 Å². The van der Waals surface area contributed by atoms with E-state index in [-0.39, 0.29) is 23.3 Å². The van der Waals surface area contributed by atoms with Gasteiger partial charge in [-0.25, -0.2) is 0 Å². The second-order valence-corrected chi connectivity index (χ2v) is 8.54. The van der Waals surface area contributed by atoms with E-state index in [1.807, 2.05) is 30.0 Å². The quantitative estimate of drug-likeness (QED) is 0.735. The molecule has 0 unspecified atom stereocenters. The molecule has 0 spiro atoms. The molecule has 5 heteroatoms. The van der Waals surface area contributed by atoms with Crippen molar-refractivity contribution >= 4 is 16.8 Å². The summed E-state index contributed by atoms with van der Waals surface area (Å²) < 4.78 is 5.28. The van der Waals surface area contributed by atoms with Gasteiger partial charge >= 0.3 is 0 Å². The third-order valence-electron chi connectivity index (χ3n) is 5.10. The molecule has 0 bridgehead atoms. The molecule has 2 rings (SSSR count). The Hall–Kier alpha value is -2.30. The summed E-state index contributed by atoms with van der Waals surface area (Å²) in [6.45, 7) is 12.1. The van der Waals surface area contributed by atoms with Crippen LogP contribution < -0.4 is 10.3 Å². The SMILES string of the molecule is CCCN(CCC(C)(C)C)C(=O)Cc1c(CC)c(=O)[nH]c2cc(OC)ccc12. The van der Waals surface area contributed by atoms with Crippen LogP contribution in [-0.4, -0.2) is 36.0 Å². The molecule has 0 atom stereocenters. The molecule has 1 N–H and O–H groups in total. The van der Waals surface area contributed by atoms with Crippen molar-refractivity contribution < 1.29 is 9.53 Å². The molecule has 1 aromatic carbocycles. The highest BCUT2D eigenvalue weighted by Crippen LogP contribution is 2.25. The number of hydrogen-bond acceptors (Lipinski definition) is 3. The molecular weight excluding hydrogens is 352 g/mol. The number of aromatic nitrogens is 1. The van der Waals surface area contributed by atoms with Crippen LogP contribution in [0.15, 0.2) is 23.0 Å². The molecule has 1 heterocycles. The maximum absolute atomic E-state index is 13.2. The molecule has 0 saturated heterocycles. The van der Waals surface area contributed by atoms with E-state index in [0.717, 1.165) is 36.9 Å². The average molecular weight is 387 g/mol. The van der Waals surface area contributed by atoms with Gasteiger partial charge in [0.1, 0.15) is 5.75 Å². The van der Waals surface area contributed by atoms with E-state index >= 15 is 0 Å². The molecule has 0 fully saturated rings. The number of carbonyl (C=O) groups is 1. The van der Waals surface area contributed by atoms with Crippen molar-refractivity contribution in [3.05, 3.63) is 39.7 Å². The summed E-state index contributed by atoms with van der Waals surface area (Å²) in [5.41, 5.74) is 2.29. The van der Waals surface area contributed by atoms with Crippen LogP contribution in [0.4, 0.5) is 0 Å². The summed E-state index contributed by atoms with van der Waals surface area (Å²) in [6.07, 6.45) is 2.71. The molecule has 1 amide bonds. The van der Waals surface area contributed by atoms with Gasteiger partial charge in [-0.3, -0.25) is 9.59 Å². The largest absolute Gasteiger partial charge is 0.497 e. The van der Waals surface area contributed by atoms with Gasteiger partial charge in [0, 0.05) is 30.1 Å². The predicted octanol–water partition coefficient (Wildman–Crippen LogP) is 4.32. The third kappa shape index (κ3) is 5.37. The summed E-state index contributed by atoms with van der Waals surface area (Å²) in [5.74, 6) is 0.769.